The Labute approximate surface area is 117 Å². The van der Waals surface area contributed by atoms with Crippen LogP contribution in [0.1, 0.15) is 13.3 Å². The van der Waals surface area contributed by atoms with Crippen molar-refractivity contribution in [3.05, 3.63) is 17.9 Å². The maximum Gasteiger partial charge on any atom is 0.243 e. The predicted molar refractivity (Wildman–Crippen MR) is 71.0 cm³/mol. The summed E-state index contributed by atoms with van der Waals surface area (Å²) >= 11 is 0. The van der Waals surface area contributed by atoms with E-state index in [2.05, 4.69) is 4.72 Å². The van der Waals surface area contributed by atoms with Gasteiger partial charge in [0.1, 0.15) is 10.7 Å². The van der Waals surface area contributed by atoms with Gasteiger partial charge < -0.3 is 14.6 Å². The summed E-state index contributed by atoms with van der Waals surface area (Å²) in [6.45, 7) is 1.54. The van der Waals surface area contributed by atoms with Gasteiger partial charge in [-0.3, -0.25) is 0 Å². The summed E-state index contributed by atoms with van der Waals surface area (Å²) in [7, 11) is -1.36. The Kier molecular flexibility index (Phi) is 5.73. The molecule has 1 unspecified atom stereocenters. The maximum absolute atomic E-state index is 13.8. The molecule has 0 heterocycles. The van der Waals surface area contributed by atoms with E-state index in [0.717, 1.165) is 12.1 Å². The Balaban J connectivity index is 3.05. The molecule has 0 amide bonds. The van der Waals surface area contributed by atoms with E-state index in [1.807, 2.05) is 0 Å². The molecule has 20 heavy (non-hydrogen) atoms. The molecule has 1 aromatic carbocycles. The van der Waals surface area contributed by atoms with Crippen LogP contribution in [0, 0.1) is 5.82 Å². The number of aliphatic hydroxyl groups is 1. The smallest absolute Gasteiger partial charge is 0.243 e. The van der Waals surface area contributed by atoms with E-state index in [1.54, 1.807) is 0 Å². The van der Waals surface area contributed by atoms with E-state index in [9.17, 15) is 12.8 Å². The van der Waals surface area contributed by atoms with E-state index in [1.165, 1.54) is 21.1 Å². The van der Waals surface area contributed by atoms with E-state index < -0.39 is 26.8 Å². The SMILES string of the molecule is COc1cc(F)c(S(=O)(=O)NCCC(C)O)cc1OC. The maximum atomic E-state index is 13.8. The highest BCUT2D eigenvalue weighted by Gasteiger charge is 2.22. The van der Waals surface area contributed by atoms with Crippen LogP contribution in [0.4, 0.5) is 4.39 Å². The summed E-state index contributed by atoms with van der Waals surface area (Å²) in [4.78, 5) is -0.527. The Morgan fingerprint density at radius 1 is 1.30 bits per heavy atom. The van der Waals surface area contributed by atoms with Crippen LogP contribution >= 0.6 is 0 Å². The molecular formula is C12H18FNO5S. The van der Waals surface area contributed by atoms with Crippen LogP contribution in [0.5, 0.6) is 11.5 Å². The average Bonchev–Trinajstić information content (AvgIpc) is 2.37. The first kappa shape index (κ1) is 16.7. The second kappa shape index (κ2) is 6.87. The van der Waals surface area contributed by atoms with E-state index in [-0.39, 0.29) is 24.5 Å². The van der Waals surface area contributed by atoms with Crippen molar-refractivity contribution < 1.29 is 27.4 Å². The molecule has 0 spiro atoms. The van der Waals surface area contributed by atoms with Crippen molar-refractivity contribution in [2.24, 2.45) is 0 Å². The molecule has 114 valence electrons. The van der Waals surface area contributed by atoms with Gasteiger partial charge in [0.2, 0.25) is 10.0 Å². The largest absolute Gasteiger partial charge is 0.493 e. The lowest BCUT2D eigenvalue weighted by atomic mass is 10.3. The molecule has 2 N–H and O–H groups in total. The zero-order valence-corrected chi connectivity index (χ0v) is 12.3. The third-order valence-electron chi connectivity index (χ3n) is 2.58. The molecular weight excluding hydrogens is 289 g/mol. The molecule has 8 heteroatoms. The van der Waals surface area contributed by atoms with Crippen LogP contribution in [-0.4, -0.2) is 40.4 Å². The third-order valence-corrected chi connectivity index (χ3v) is 4.06. The molecule has 1 aromatic rings. The Bertz CT molecular complexity index is 559. The summed E-state index contributed by atoms with van der Waals surface area (Å²) < 4.78 is 49.8. The summed E-state index contributed by atoms with van der Waals surface area (Å²) in [6.07, 6.45) is -0.415. The first-order valence-corrected chi connectivity index (χ1v) is 7.39. The Hall–Kier alpha value is -1.38. The lowest BCUT2D eigenvalue weighted by Gasteiger charge is -2.12. The molecule has 0 aliphatic carbocycles. The van der Waals surface area contributed by atoms with Crippen LogP contribution in [0.3, 0.4) is 0 Å². The number of rotatable bonds is 7. The molecule has 0 fully saturated rings. The Morgan fingerprint density at radius 3 is 2.35 bits per heavy atom. The normalized spacial score (nSPS) is 13.1. The molecule has 6 nitrogen and oxygen atoms in total. The molecule has 0 radical (unpaired) electrons. The highest BCUT2D eigenvalue weighted by Crippen LogP contribution is 2.31. The fourth-order valence-electron chi connectivity index (χ4n) is 1.52. The van der Waals surface area contributed by atoms with Crippen LogP contribution in [-0.2, 0) is 10.0 Å². The minimum atomic E-state index is -4.02. The molecule has 1 rings (SSSR count). The van der Waals surface area contributed by atoms with Crippen molar-refractivity contribution in [1.82, 2.24) is 4.72 Å². The summed E-state index contributed by atoms with van der Waals surface area (Å²) in [6, 6.07) is 2.00. The highest BCUT2D eigenvalue weighted by molar-refractivity contribution is 7.89. The zero-order chi connectivity index (χ0) is 15.3. The van der Waals surface area contributed by atoms with Gasteiger partial charge in [-0.1, -0.05) is 0 Å². The lowest BCUT2D eigenvalue weighted by Crippen LogP contribution is -2.27. The van der Waals surface area contributed by atoms with E-state index in [0.29, 0.717) is 0 Å². The van der Waals surface area contributed by atoms with Crippen molar-refractivity contribution in [2.75, 3.05) is 20.8 Å². The number of hydrogen-bond donors (Lipinski definition) is 2. The van der Waals surface area contributed by atoms with Crippen LogP contribution in [0.25, 0.3) is 0 Å². The molecule has 0 saturated carbocycles. The molecule has 1 atom stereocenters. The number of benzene rings is 1. The zero-order valence-electron chi connectivity index (χ0n) is 11.5. The molecule has 0 aliphatic heterocycles. The van der Waals surface area contributed by atoms with E-state index in [4.69, 9.17) is 14.6 Å². The van der Waals surface area contributed by atoms with Gasteiger partial charge in [0.25, 0.3) is 0 Å². The van der Waals surface area contributed by atoms with Gasteiger partial charge >= 0.3 is 0 Å². The number of methoxy groups -OCH3 is 2. The molecule has 0 bridgehead atoms. The number of ether oxygens (including phenoxy) is 2. The first-order valence-electron chi connectivity index (χ1n) is 5.91. The highest BCUT2D eigenvalue weighted by atomic mass is 32.2. The minimum Gasteiger partial charge on any atom is -0.493 e. The fourth-order valence-corrected chi connectivity index (χ4v) is 2.64. The predicted octanol–water partition coefficient (Wildman–Crippen LogP) is 0.892. The summed E-state index contributed by atoms with van der Waals surface area (Å²) in [5, 5.41) is 9.08. The van der Waals surface area contributed by atoms with Gasteiger partial charge in [-0.25, -0.2) is 17.5 Å². The topological polar surface area (TPSA) is 84.9 Å². The lowest BCUT2D eigenvalue weighted by molar-refractivity contribution is 0.186. The second-order valence-electron chi connectivity index (χ2n) is 4.17. The van der Waals surface area contributed by atoms with Gasteiger partial charge in [0.05, 0.1) is 20.3 Å². The number of sulfonamides is 1. The van der Waals surface area contributed by atoms with Gasteiger partial charge in [-0.05, 0) is 13.3 Å². The average molecular weight is 307 g/mol. The van der Waals surface area contributed by atoms with Gasteiger partial charge in [-0.2, -0.15) is 0 Å². The van der Waals surface area contributed by atoms with E-state index >= 15 is 0 Å². The van der Waals surface area contributed by atoms with Crippen molar-refractivity contribution in [1.29, 1.82) is 0 Å². The molecule has 0 aromatic heterocycles. The fraction of sp³-hybridized carbons (Fsp3) is 0.500. The van der Waals surface area contributed by atoms with Gasteiger partial charge in [-0.15, -0.1) is 0 Å². The Morgan fingerprint density at radius 2 is 1.85 bits per heavy atom. The van der Waals surface area contributed by atoms with Gasteiger partial charge in [0.15, 0.2) is 11.5 Å². The van der Waals surface area contributed by atoms with Crippen molar-refractivity contribution in [3.8, 4) is 11.5 Å². The standard InChI is InChI=1S/C12H18FNO5S/c1-8(15)4-5-14-20(16,17)12-7-11(19-3)10(18-2)6-9(12)13/h6-8,14-15H,4-5H2,1-3H3. The van der Waals surface area contributed by atoms with Crippen LogP contribution in [0.15, 0.2) is 17.0 Å². The number of hydrogen-bond acceptors (Lipinski definition) is 5. The summed E-state index contributed by atoms with van der Waals surface area (Å²) in [5.41, 5.74) is 0. The van der Waals surface area contributed by atoms with Crippen molar-refractivity contribution in [3.63, 3.8) is 0 Å². The molecule has 0 aliphatic rings. The number of halogens is 1. The van der Waals surface area contributed by atoms with Crippen molar-refractivity contribution in [2.45, 2.75) is 24.3 Å². The first-order chi connectivity index (χ1) is 9.31. The van der Waals surface area contributed by atoms with Gasteiger partial charge in [0, 0.05) is 18.7 Å². The second-order valence-corrected chi connectivity index (χ2v) is 5.91. The quantitative estimate of drug-likeness (QED) is 0.781. The monoisotopic (exact) mass is 307 g/mol. The minimum absolute atomic E-state index is 0.00772. The van der Waals surface area contributed by atoms with Crippen molar-refractivity contribution >= 4 is 10.0 Å². The van der Waals surface area contributed by atoms with Crippen LogP contribution < -0.4 is 14.2 Å². The van der Waals surface area contributed by atoms with Crippen LogP contribution in [0.2, 0.25) is 0 Å². The third kappa shape index (κ3) is 4.06. The number of nitrogens with one attached hydrogen (secondary N) is 1. The molecule has 0 saturated heterocycles. The summed E-state index contributed by atoms with van der Waals surface area (Å²) in [5.74, 6) is -0.718. The number of aliphatic hydroxyl groups excluding tert-OH is 1.